The van der Waals surface area contributed by atoms with Gasteiger partial charge in [-0.1, -0.05) is 39.8 Å². The van der Waals surface area contributed by atoms with Gasteiger partial charge in [-0.15, -0.1) is 0 Å². The van der Waals surface area contributed by atoms with E-state index in [-0.39, 0.29) is 42.8 Å². The molecule has 0 bridgehead atoms. The molecule has 0 spiro atoms. The van der Waals surface area contributed by atoms with Gasteiger partial charge in [0, 0.05) is 34.6 Å². The maximum absolute atomic E-state index is 12.9. The van der Waals surface area contributed by atoms with E-state index in [1.165, 1.54) is 0 Å². The van der Waals surface area contributed by atoms with Crippen LogP contribution in [0.3, 0.4) is 0 Å². The third kappa shape index (κ3) is 5.11. The van der Waals surface area contributed by atoms with Gasteiger partial charge in [-0.05, 0) is 35.4 Å². The summed E-state index contributed by atoms with van der Waals surface area (Å²) in [5, 5.41) is 11.8. The van der Waals surface area contributed by atoms with Crippen molar-refractivity contribution in [2.75, 3.05) is 23.7 Å². The second-order valence-electron chi connectivity index (χ2n) is 8.02. The molecule has 7 nitrogen and oxygen atoms in total. The molecule has 2 amide bonds. The molecule has 3 rings (SSSR count). The van der Waals surface area contributed by atoms with E-state index in [1.807, 2.05) is 39.8 Å². The maximum atomic E-state index is 12.9. The van der Waals surface area contributed by atoms with Gasteiger partial charge in [-0.3, -0.25) is 14.4 Å². The van der Waals surface area contributed by atoms with E-state index in [0.717, 1.165) is 11.1 Å². The largest absolute Gasteiger partial charge is 0.325 e. The monoisotopic (exact) mass is 408 g/mol. The van der Waals surface area contributed by atoms with Gasteiger partial charge in [-0.2, -0.15) is 0 Å². The fourth-order valence-electron chi connectivity index (χ4n) is 3.24. The van der Waals surface area contributed by atoms with E-state index in [1.54, 1.807) is 24.3 Å². The van der Waals surface area contributed by atoms with Gasteiger partial charge in [0.2, 0.25) is 11.8 Å². The van der Waals surface area contributed by atoms with Gasteiger partial charge in [0.1, 0.15) is 0 Å². The van der Waals surface area contributed by atoms with Crippen LogP contribution in [-0.4, -0.2) is 42.8 Å². The van der Waals surface area contributed by atoms with E-state index in [2.05, 4.69) is 21.3 Å². The molecule has 0 heterocycles. The number of carbonyl (C=O) groups excluding carboxylic acids is 3. The Bertz CT molecular complexity index is 905. The second-order valence-corrected chi connectivity index (χ2v) is 8.02. The highest BCUT2D eigenvalue weighted by Crippen LogP contribution is 2.39. The number of benzene rings is 2. The highest BCUT2D eigenvalue weighted by Gasteiger charge is 2.27. The van der Waals surface area contributed by atoms with E-state index in [0.29, 0.717) is 22.5 Å². The van der Waals surface area contributed by atoms with Crippen LogP contribution < -0.4 is 21.3 Å². The fraction of sp³-hybridized carbons (Fsp3) is 0.348. The minimum absolute atomic E-state index is 0.118. The lowest BCUT2D eigenvalue weighted by atomic mass is 10.0. The molecule has 0 fully saturated rings. The number of hydrogen-bond acceptors (Lipinski definition) is 5. The molecule has 1 aliphatic carbocycles. The van der Waals surface area contributed by atoms with Crippen LogP contribution >= 0.6 is 0 Å². The molecule has 30 heavy (non-hydrogen) atoms. The van der Waals surface area contributed by atoms with E-state index >= 15 is 0 Å². The van der Waals surface area contributed by atoms with Crippen molar-refractivity contribution in [2.24, 2.45) is 0 Å². The lowest BCUT2D eigenvalue weighted by Gasteiger charge is -2.10. The molecule has 0 saturated heterocycles. The number of anilines is 2. The Morgan fingerprint density at radius 2 is 1.10 bits per heavy atom. The van der Waals surface area contributed by atoms with Crippen LogP contribution in [0.5, 0.6) is 0 Å². The van der Waals surface area contributed by atoms with Crippen molar-refractivity contribution < 1.29 is 14.4 Å². The van der Waals surface area contributed by atoms with Gasteiger partial charge in [0.15, 0.2) is 5.78 Å². The molecule has 2 aromatic carbocycles. The minimum atomic E-state index is -0.161. The topological polar surface area (TPSA) is 99.3 Å². The molecule has 158 valence electrons. The molecular formula is C23H28N4O3. The maximum Gasteiger partial charge on any atom is 0.238 e. The van der Waals surface area contributed by atoms with Crippen LogP contribution in [-0.2, 0) is 9.59 Å². The summed E-state index contributed by atoms with van der Waals surface area (Å²) in [6, 6.07) is 11.1. The summed E-state index contributed by atoms with van der Waals surface area (Å²) < 4.78 is 0. The molecule has 0 aromatic heterocycles. The molecule has 0 atom stereocenters. The molecule has 2 aromatic rings. The molecule has 0 saturated carbocycles. The summed E-state index contributed by atoms with van der Waals surface area (Å²) in [7, 11) is 0. The summed E-state index contributed by atoms with van der Waals surface area (Å²) in [6.07, 6.45) is 0. The first-order valence-corrected chi connectivity index (χ1v) is 10.1. The van der Waals surface area contributed by atoms with Crippen LogP contribution in [0.25, 0.3) is 11.1 Å². The SMILES string of the molecule is CC(C)NCC(=O)Nc1ccc2c(c1)C(=O)c1cc(NC(=O)CNC(C)C)ccc1-2. The van der Waals surface area contributed by atoms with Crippen LogP contribution in [0.4, 0.5) is 11.4 Å². The average Bonchev–Trinajstić information content (AvgIpc) is 2.96. The fourth-order valence-corrected chi connectivity index (χ4v) is 3.24. The number of rotatable bonds is 8. The van der Waals surface area contributed by atoms with Gasteiger partial charge in [0.05, 0.1) is 13.1 Å². The van der Waals surface area contributed by atoms with E-state index in [4.69, 9.17) is 0 Å². The number of hydrogen-bond donors (Lipinski definition) is 4. The number of fused-ring (bicyclic) bond motifs is 3. The number of ketones is 1. The van der Waals surface area contributed by atoms with Crippen molar-refractivity contribution >= 4 is 29.0 Å². The molecule has 1 aliphatic rings. The van der Waals surface area contributed by atoms with E-state index in [9.17, 15) is 14.4 Å². The van der Waals surface area contributed by atoms with Crippen molar-refractivity contribution in [3.05, 3.63) is 47.5 Å². The first-order valence-electron chi connectivity index (χ1n) is 10.1. The number of amides is 2. The predicted octanol–water partition coefficient (Wildman–Crippen LogP) is 2.77. The summed E-state index contributed by atoms with van der Waals surface area (Å²) in [5.74, 6) is -0.439. The highest BCUT2D eigenvalue weighted by atomic mass is 16.2. The Morgan fingerprint density at radius 3 is 1.47 bits per heavy atom. The first-order chi connectivity index (χ1) is 14.2. The van der Waals surface area contributed by atoms with E-state index < -0.39 is 0 Å². The van der Waals surface area contributed by atoms with Gasteiger partial charge in [-0.25, -0.2) is 0 Å². The minimum Gasteiger partial charge on any atom is -0.325 e. The molecule has 7 heteroatoms. The van der Waals surface area contributed by atoms with Crippen molar-refractivity contribution in [3.63, 3.8) is 0 Å². The van der Waals surface area contributed by atoms with Crippen LogP contribution in [0.15, 0.2) is 36.4 Å². The summed E-state index contributed by atoms with van der Waals surface area (Å²) in [4.78, 5) is 37.1. The van der Waals surface area contributed by atoms with Crippen LogP contribution in [0.1, 0.15) is 43.6 Å². The molecule has 0 radical (unpaired) electrons. The molecule has 4 N–H and O–H groups in total. The van der Waals surface area contributed by atoms with Gasteiger partial charge < -0.3 is 21.3 Å². The Labute approximate surface area is 176 Å². The van der Waals surface area contributed by atoms with Gasteiger partial charge >= 0.3 is 0 Å². The Hall–Kier alpha value is -3.03. The molecular weight excluding hydrogens is 380 g/mol. The third-order valence-electron chi connectivity index (χ3n) is 4.73. The van der Waals surface area contributed by atoms with Gasteiger partial charge in [0.25, 0.3) is 0 Å². The quantitative estimate of drug-likeness (QED) is 0.459. The standard InChI is InChI=1S/C23H28N4O3/c1-13(2)24-11-21(28)26-15-5-7-17-18-8-6-16(27-22(29)12-25-14(3)4)10-20(18)23(30)19(17)9-15/h5-10,13-14,24-25H,11-12H2,1-4H3,(H,26,28)(H,27,29). The average molecular weight is 409 g/mol. The summed E-state index contributed by atoms with van der Waals surface area (Å²) >= 11 is 0. The van der Waals surface area contributed by atoms with Crippen molar-refractivity contribution in [2.45, 2.75) is 39.8 Å². The Balaban J connectivity index is 1.73. The molecule has 0 unspecified atom stereocenters. The zero-order valence-electron chi connectivity index (χ0n) is 17.8. The normalized spacial score (nSPS) is 12.1. The summed E-state index contributed by atoms with van der Waals surface area (Å²) in [5.41, 5.74) is 3.91. The lowest BCUT2D eigenvalue weighted by molar-refractivity contribution is -0.116. The first kappa shape index (κ1) is 21.7. The Kier molecular flexibility index (Phi) is 6.64. The van der Waals surface area contributed by atoms with Crippen molar-refractivity contribution in [3.8, 4) is 11.1 Å². The predicted molar refractivity (Wildman–Crippen MR) is 119 cm³/mol. The Morgan fingerprint density at radius 1 is 0.700 bits per heavy atom. The summed E-state index contributed by atoms with van der Waals surface area (Å²) in [6.45, 7) is 8.29. The van der Waals surface area contributed by atoms with Crippen LogP contribution in [0, 0.1) is 0 Å². The molecule has 0 aliphatic heterocycles. The number of carbonyl (C=O) groups is 3. The third-order valence-corrected chi connectivity index (χ3v) is 4.73. The zero-order valence-corrected chi connectivity index (χ0v) is 17.8. The van der Waals surface area contributed by atoms with Crippen molar-refractivity contribution in [1.29, 1.82) is 0 Å². The number of nitrogens with one attached hydrogen (secondary N) is 4. The second kappa shape index (κ2) is 9.19. The lowest BCUT2D eigenvalue weighted by Crippen LogP contribution is -2.32. The zero-order chi connectivity index (χ0) is 21.8. The van der Waals surface area contributed by atoms with Crippen molar-refractivity contribution in [1.82, 2.24) is 10.6 Å². The van der Waals surface area contributed by atoms with Crippen LogP contribution in [0.2, 0.25) is 0 Å². The smallest absolute Gasteiger partial charge is 0.238 e. The highest BCUT2D eigenvalue weighted by molar-refractivity contribution is 6.22.